The predicted octanol–water partition coefficient (Wildman–Crippen LogP) is 6.82. The van der Waals surface area contributed by atoms with Gasteiger partial charge in [0.25, 0.3) is 0 Å². The van der Waals surface area contributed by atoms with E-state index in [1.807, 2.05) is 0 Å². The summed E-state index contributed by atoms with van der Waals surface area (Å²) in [6.45, 7) is 3.16. The Hall–Kier alpha value is -1.97. The monoisotopic (exact) mass is 846 g/mol. The number of aliphatic hydroxyl groups is 5. The molecule has 2 aliphatic rings. The molecule has 58 heavy (non-hydrogen) atoms. The van der Waals surface area contributed by atoms with E-state index in [9.17, 15) is 44.6 Å². The van der Waals surface area contributed by atoms with Crippen molar-refractivity contribution >= 4 is 19.8 Å². The quantitative estimate of drug-likeness (QED) is 0.0129. The number of esters is 2. The first-order valence-corrected chi connectivity index (χ1v) is 23.4. The van der Waals surface area contributed by atoms with Gasteiger partial charge < -0.3 is 44.6 Å². The van der Waals surface area contributed by atoms with Gasteiger partial charge in [0.15, 0.2) is 6.10 Å². The maximum absolute atomic E-state index is 12.8. The lowest BCUT2D eigenvalue weighted by atomic mass is 9.85. The topological polar surface area (TPSA) is 222 Å². The van der Waals surface area contributed by atoms with Crippen molar-refractivity contribution in [2.45, 2.75) is 210 Å². The fourth-order valence-electron chi connectivity index (χ4n) is 6.68. The molecule has 0 aromatic rings. The maximum Gasteiger partial charge on any atom is 0.472 e. The zero-order chi connectivity index (χ0) is 42.6. The SMILES string of the molecule is CCC/C=C\C/C=C\CCCCCCCC(=O)O[C@H](COC(=O)CCCCCCC/C=C\CC1OC1CCCCC)COP(=O)(O)OC1[C@H](O)[C@H](O)C(O)[C@H](O)[C@H]1O. The largest absolute Gasteiger partial charge is 0.472 e. The van der Waals surface area contributed by atoms with Gasteiger partial charge in [0.2, 0.25) is 0 Å². The molecule has 14 nitrogen and oxygen atoms in total. The standard InChI is InChI=1S/C43H75O14P/c1-3-5-7-8-9-10-11-12-13-14-19-22-26-30-37(45)55-33(32-54-58(51,52)57-43-41(49)39(47)38(46)40(48)42(43)50)31-53-36(44)29-25-21-18-16-15-17-20-24-28-35-34(56-35)27-23-6-4-2/h7-8,10-11,20,24,33-35,38-43,46-50H,3-6,9,12-19,21-23,25-32H2,1-2H3,(H,51,52)/b8-7-,11-10-,24-20-/t33-,34?,35?,38?,39-,40+,41-,42-,43?/m1/s1. The summed E-state index contributed by atoms with van der Waals surface area (Å²) >= 11 is 0. The first-order chi connectivity index (χ1) is 27.9. The average Bonchev–Trinajstić information content (AvgIpc) is 3.96. The van der Waals surface area contributed by atoms with Crippen LogP contribution in [0.5, 0.6) is 0 Å². The van der Waals surface area contributed by atoms with E-state index in [4.69, 9.17) is 23.3 Å². The fraction of sp³-hybridized carbons (Fsp3) is 0.814. The second-order valence-corrected chi connectivity index (χ2v) is 17.0. The predicted molar refractivity (Wildman–Crippen MR) is 221 cm³/mol. The van der Waals surface area contributed by atoms with E-state index in [2.05, 4.69) is 50.3 Å². The number of unbranched alkanes of at least 4 members (excludes halogenated alkanes) is 13. The van der Waals surface area contributed by atoms with E-state index in [-0.39, 0.29) is 12.8 Å². The number of hydrogen-bond acceptors (Lipinski definition) is 13. The van der Waals surface area contributed by atoms with Crippen LogP contribution in [0.25, 0.3) is 0 Å². The summed E-state index contributed by atoms with van der Waals surface area (Å²) in [7, 11) is -5.12. The number of aliphatic hydroxyl groups excluding tert-OH is 5. The van der Waals surface area contributed by atoms with E-state index in [1.165, 1.54) is 19.3 Å². The van der Waals surface area contributed by atoms with Gasteiger partial charge in [-0.1, -0.05) is 115 Å². The molecule has 5 unspecified atom stereocenters. The van der Waals surface area contributed by atoms with Crippen molar-refractivity contribution in [3.05, 3.63) is 36.5 Å². The molecule has 1 heterocycles. The molecule has 0 aromatic carbocycles. The minimum absolute atomic E-state index is 0.0740. The van der Waals surface area contributed by atoms with E-state index < -0.39 is 75.7 Å². The van der Waals surface area contributed by atoms with Gasteiger partial charge in [-0.3, -0.25) is 18.6 Å². The molecule has 0 aromatic heterocycles. The Balaban J connectivity index is 1.73. The van der Waals surface area contributed by atoms with E-state index >= 15 is 0 Å². The van der Waals surface area contributed by atoms with Gasteiger partial charge in [0, 0.05) is 12.8 Å². The van der Waals surface area contributed by atoms with Crippen LogP contribution in [0, 0.1) is 0 Å². The highest BCUT2D eigenvalue weighted by Gasteiger charge is 2.51. The molecule has 1 saturated heterocycles. The zero-order valence-electron chi connectivity index (χ0n) is 35.0. The number of hydrogen-bond donors (Lipinski definition) is 6. The van der Waals surface area contributed by atoms with Gasteiger partial charge in [0.1, 0.15) is 43.2 Å². The molecule has 10 atom stereocenters. The van der Waals surface area contributed by atoms with Crippen molar-refractivity contribution < 1.29 is 67.8 Å². The smallest absolute Gasteiger partial charge is 0.462 e. The zero-order valence-corrected chi connectivity index (χ0v) is 35.9. The van der Waals surface area contributed by atoms with Crippen LogP contribution < -0.4 is 0 Å². The molecular formula is C43H75O14P. The minimum atomic E-state index is -5.12. The highest BCUT2D eigenvalue weighted by molar-refractivity contribution is 7.47. The van der Waals surface area contributed by atoms with Gasteiger partial charge in [-0.05, 0) is 64.2 Å². The van der Waals surface area contributed by atoms with Crippen LogP contribution in [0.4, 0.5) is 0 Å². The maximum atomic E-state index is 12.8. The molecule has 1 aliphatic carbocycles. The molecule has 15 heteroatoms. The Morgan fingerprint density at radius 1 is 0.621 bits per heavy atom. The Bertz CT molecular complexity index is 1230. The van der Waals surface area contributed by atoms with E-state index in [0.29, 0.717) is 25.0 Å². The molecule has 0 spiro atoms. The summed E-state index contributed by atoms with van der Waals surface area (Å²) in [5.74, 6) is -1.14. The summed E-state index contributed by atoms with van der Waals surface area (Å²) in [6.07, 6.45) is 20.9. The molecule has 0 radical (unpaired) electrons. The molecule has 336 valence electrons. The second kappa shape index (κ2) is 31.0. The lowest BCUT2D eigenvalue weighted by Gasteiger charge is -2.41. The van der Waals surface area contributed by atoms with Crippen LogP contribution in [0.1, 0.15) is 155 Å². The summed E-state index contributed by atoms with van der Waals surface area (Å²) < 4.78 is 39.2. The van der Waals surface area contributed by atoms with Crippen LogP contribution in [-0.4, -0.2) is 111 Å². The molecule has 1 aliphatic heterocycles. The summed E-state index contributed by atoms with van der Waals surface area (Å²) in [5.41, 5.74) is 0. The van der Waals surface area contributed by atoms with Crippen molar-refractivity contribution in [3.8, 4) is 0 Å². The summed E-state index contributed by atoms with van der Waals surface area (Å²) in [5, 5.41) is 50.1. The van der Waals surface area contributed by atoms with E-state index in [1.54, 1.807) is 0 Å². The first kappa shape index (κ1) is 52.2. The fourth-order valence-corrected chi connectivity index (χ4v) is 7.66. The van der Waals surface area contributed by atoms with Gasteiger partial charge in [0.05, 0.1) is 18.8 Å². The third-order valence-electron chi connectivity index (χ3n) is 10.4. The molecule has 2 fully saturated rings. The number of epoxide rings is 1. The first-order valence-electron chi connectivity index (χ1n) is 21.9. The Morgan fingerprint density at radius 2 is 1.17 bits per heavy atom. The van der Waals surface area contributed by atoms with Crippen molar-refractivity contribution in [2.75, 3.05) is 13.2 Å². The molecule has 0 amide bonds. The number of carbonyl (C=O) groups is 2. The van der Waals surface area contributed by atoms with Crippen LogP contribution in [0.3, 0.4) is 0 Å². The third kappa shape index (κ3) is 23.1. The van der Waals surface area contributed by atoms with Crippen LogP contribution in [-0.2, 0) is 37.4 Å². The molecule has 1 saturated carbocycles. The van der Waals surface area contributed by atoms with Crippen molar-refractivity contribution in [1.29, 1.82) is 0 Å². The lowest BCUT2D eigenvalue weighted by molar-refractivity contribution is -0.220. The molecule has 2 rings (SSSR count). The Labute approximate surface area is 346 Å². The van der Waals surface area contributed by atoms with Crippen LogP contribution in [0.2, 0.25) is 0 Å². The minimum Gasteiger partial charge on any atom is -0.462 e. The normalized spacial score (nSPS) is 26.3. The van der Waals surface area contributed by atoms with Crippen molar-refractivity contribution in [2.24, 2.45) is 0 Å². The van der Waals surface area contributed by atoms with E-state index in [0.717, 1.165) is 96.3 Å². The molecule has 6 N–H and O–H groups in total. The lowest BCUT2D eigenvalue weighted by Crippen LogP contribution is -2.64. The Kier molecular flexibility index (Phi) is 27.9. The second-order valence-electron chi connectivity index (χ2n) is 15.6. The number of carbonyl (C=O) groups excluding carboxylic acids is 2. The highest BCUT2D eigenvalue weighted by atomic mass is 31.2. The number of ether oxygens (including phenoxy) is 3. The van der Waals surface area contributed by atoms with Gasteiger partial charge in [-0.15, -0.1) is 0 Å². The number of phosphoric ester groups is 1. The molecular weight excluding hydrogens is 771 g/mol. The third-order valence-corrected chi connectivity index (χ3v) is 11.3. The summed E-state index contributed by atoms with van der Waals surface area (Å²) in [6, 6.07) is 0. The van der Waals surface area contributed by atoms with Gasteiger partial charge in [-0.2, -0.15) is 0 Å². The summed E-state index contributed by atoms with van der Waals surface area (Å²) in [4.78, 5) is 35.6. The number of allylic oxidation sites excluding steroid dienone is 5. The Morgan fingerprint density at radius 3 is 1.79 bits per heavy atom. The molecule has 0 bridgehead atoms. The van der Waals surface area contributed by atoms with Crippen molar-refractivity contribution in [1.82, 2.24) is 0 Å². The van der Waals surface area contributed by atoms with Crippen LogP contribution >= 0.6 is 7.82 Å². The van der Waals surface area contributed by atoms with Crippen molar-refractivity contribution in [3.63, 3.8) is 0 Å². The number of phosphoric acid groups is 1. The van der Waals surface area contributed by atoms with Crippen LogP contribution in [0.15, 0.2) is 36.5 Å². The number of rotatable bonds is 34. The highest BCUT2D eigenvalue weighted by Crippen LogP contribution is 2.47. The van der Waals surface area contributed by atoms with Gasteiger partial charge in [-0.25, -0.2) is 4.57 Å². The van der Waals surface area contributed by atoms with Gasteiger partial charge >= 0.3 is 19.8 Å². The average molecular weight is 847 g/mol.